The minimum atomic E-state index is -0.320. The number of nitrogens with one attached hydrogen (secondary N) is 1. The van der Waals surface area contributed by atoms with E-state index in [1.807, 2.05) is 25.3 Å². The number of anilines is 1. The second-order valence-electron chi connectivity index (χ2n) is 4.21. The van der Waals surface area contributed by atoms with Gasteiger partial charge in [0, 0.05) is 11.1 Å². The lowest BCUT2D eigenvalue weighted by Crippen LogP contribution is -2.07. The highest BCUT2D eigenvalue weighted by molar-refractivity contribution is 7.03. The Kier molecular flexibility index (Phi) is 4.11. The van der Waals surface area contributed by atoms with E-state index in [1.165, 1.54) is 18.6 Å². The van der Waals surface area contributed by atoms with Gasteiger partial charge < -0.3 is 10.1 Å². The Morgan fingerprint density at radius 3 is 2.84 bits per heavy atom. The normalized spacial score (nSPS) is 10.3. The Hall–Kier alpha value is -1.95. The van der Waals surface area contributed by atoms with E-state index in [0.717, 1.165) is 22.5 Å². The number of hydrogen-bond acceptors (Lipinski definition) is 6. The van der Waals surface area contributed by atoms with Gasteiger partial charge in [0.05, 0.1) is 24.9 Å². The van der Waals surface area contributed by atoms with Crippen LogP contribution in [0.5, 0.6) is 0 Å². The topological polar surface area (TPSA) is 64.1 Å². The number of hydrogen-bond donors (Lipinski definition) is 1. The molecule has 0 fully saturated rings. The zero-order chi connectivity index (χ0) is 13.8. The van der Waals surface area contributed by atoms with Gasteiger partial charge in [-0.3, -0.25) is 0 Å². The molecule has 1 aromatic heterocycles. The van der Waals surface area contributed by atoms with Crippen LogP contribution in [0.2, 0.25) is 0 Å². The van der Waals surface area contributed by atoms with Gasteiger partial charge in [-0.1, -0.05) is 4.49 Å². The summed E-state index contributed by atoms with van der Waals surface area (Å²) >= 11 is 1.32. The smallest absolute Gasteiger partial charge is 0.338 e. The van der Waals surface area contributed by atoms with Crippen molar-refractivity contribution in [2.24, 2.45) is 0 Å². The predicted molar refractivity (Wildman–Crippen MR) is 74.5 cm³/mol. The predicted octanol–water partition coefficient (Wildman–Crippen LogP) is 2.55. The fraction of sp³-hybridized carbons (Fsp3) is 0.308. The summed E-state index contributed by atoms with van der Waals surface area (Å²) < 4.78 is 8.59. The van der Waals surface area contributed by atoms with Crippen molar-refractivity contribution in [1.82, 2.24) is 9.59 Å². The van der Waals surface area contributed by atoms with Crippen LogP contribution in [0.3, 0.4) is 0 Å². The molecule has 5 nitrogen and oxygen atoms in total. The number of aryl methyl sites for hydroxylation is 1. The molecule has 100 valence electrons. The van der Waals surface area contributed by atoms with E-state index in [2.05, 4.69) is 14.9 Å². The zero-order valence-electron chi connectivity index (χ0n) is 11.1. The molecule has 6 heteroatoms. The standard InChI is InChI=1S/C13H15N3O2S/c1-8-4-10(14-6-11-7-19-16-15-11)5-12(9(8)2)13(17)18-3/h4-5,7,14H,6H2,1-3H3. The molecule has 0 unspecified atom stereocenters. The van der Waals surface area contributed by atoms with Crippen molar-refractivity contribution in [1.29, 1.82) is 0 Å². The summed E-state index contributed by atoms with van der Waals surface area (Å²) in [6, 6.07) is 3.80. The number of benzene rings is 1. The average Bonchev–Trinajstić information content (AvgIpc) is 2.92. The average molecular weight is 277 g/mol. The second kappa shape index (κ2) is 5.79. The van der Waals surface area contributed by atoms with Crippen molar-refractivity contribution in [2.75, 3.05) is 12.4 Å². The number of carbonyl (C=O) groups excluding carboxylic acids is 1. The molecule has 1 N–H and O–H groups in total. The van der Waals surface area contributed by atoms with Gasteiger partial charge in [0.15, 0.2) is 0 Å². The summed E-state index contributed by atoms with van der Waals surface area (Å²) in [5, 5.41) is 9.07. The van der Waals surface area contributed by atoms with Crippen molar-refractivity contribution in [2.45, 2.75) is 20.4 Å². The molecule has 1 heterocycles. The highest BCUT2D eigenvalue weighted by Gasteiger charge is 2.12. The molecule has 2 aromatic rings. The van der Waals surface area contributed by atoms with Gasteiger partial charge in [-0.25, -0.2) is 4.79 Å². The number of ether oxygens (including phenoxy) is 1. The first-order valence-corrected chi connectivity index (χ1v) is 6.65. The summed E-state index contributed by atoms with van der Waals surface area (Å²) in [7, 11) is 1.39. The first-order chi connectivity index (χ1) is 9.11. The lowest BCUT2D eigenvalue weighted by molar-refractivity contribution is 0.0600. The molecule has 0 bridgehead atoms. The van der Waals surface area contributed by atoms with Crippen LogP contribution in [0.4, 0.5) is 5.69 Å². The van der Waals surface area contributed by atoms with Crippen LogP contribution < -0.4 is 5.32 Å². The molecule has 0 amide bonds. The molecule has 1 aromatic carbocycles. The van der Waals surface area contributed by atoms with Crippen LogP contribution in [0.15, 0.2) is 17.5 Å². The van der Waals surface area contributed by atoms with Crippen molar-refractivity contribution < 1.29 is 9.53 Å². The monoisotopic (exact) mass is 277 g/mol. The summed E-state index contributed by atoms with van der Waals surface area (Å²) in [5.74, 6) is -0.320. The molecule has 0 radical (unpaired) electrons. The van der Waals surface area contributed by atoms with E-state index >= 15 is 0 Å². The van der Waals surface area contributed by atoms with E-state index in [4.69, 9.17) is 4.74 Å². The van der Waals surface area contributed by atoms with Gasteiger partial charge in [0.1, 0.15) is 0 Å². The lowest BCUT2D eigenvalue weighted by Gasteiger charge is -2.11. The molecule has 0 atom stereocenters. The summed E-state index contributed by atoms with van der Waals surface area (Å²) in [6.45, 7) is 4.46. The molecule has 19 heavy (non-hydrogen) atoms. The molecule has 0 aliphatic heterocycles. The Morgan fingerprint density at radius 1 is 1.42 bits per heavy atom. The minimum Gasteiger partial charge on any atom is -0.465 e. The number of esters is 1. The van der Waals surface area contributed by atoms with Gasteiger partial charge in [-0.15, -0.1) is 5.10 Å². The number of methoxy groups -OCH3 is 1. The fourth-order valence-corrected chi connectivity index (χ4v) is 2.19. The van der Waals surface area contributed by atoms with E-state index in [9.17, 15) is 4.79 Å². The third-order valence-electron chi connectivity index (χ3n) is 2.95. The molecule has 0 saturated carbocycles. The molecular weight excluding hydrogens is 262 g/mol. The van der Waals surface area contributed by atoms with Gasteiger partial charge in [-0.2, -0.15) is 0 Å². The van der Waals surface area contributed by atoms with Crippen LogP contribution >= 0.6 is 11.5 Å². The van der Waals surface area contributed by atoms with E-state index < -0.39 is 0 Å². The number of rotatable bonds is 4. The van der Waals surface area contributed by atoms with Crippen LogP contribution in [-0.4, -0.2) is 22.7 Å². The van der Waals surface area contributed by atoms with Crippen LogP contribution in [0.25, 0.3) is 0 Å². The van der Waals surface area contributed by atoms with Gasteiger partial charge >= 0.3 is 5.97 Å². The van der Waals surface area contributed by atoms with Gasteiger partial charge in [-0.05, 0) is 48.6 Å². The number of aromatic nitrogens is 2. The summed E-state index contributed by atoms with van der Waals surface area (Å²) in [5.41, 5.74) is 4.32. The van der Waals surface area contributed by atoms with Crippen molar-refractivity contribution in [3.8, 4) is 0 Å². The van der Waals surface area contributed by atoms with Crippen LogP contribution in [0, 0.1) is 13.8 Å². The van der Waals surface area contributed by atoms with Crippen LogP contribution in [0.1, 0.15) is 27.2 Å². The Labute approximate surface area is 115 Å². The van der Waals surface area contributed by atoms with Crippen molar-refractivity contribution in [3.63, 3.8) is 0 Å². The van der Waals surface area contributed by atoms with Gasteiger partial charge in [0.2, 0.25) is 0 Å². The largest absolute Gasteiger partial charge is 0.465 e. The molecule has 0 aliphatic rings. The first-order valence-electron chi connectivity index (χ1n) is 5.81. The van der Waals surface area contributed by atoms with E-state index in [0.29, 0.717) is 12.1 Å². The quantitative estimate of drug-likeness (QED) is 0.870. The highest BCUT2D eigenvalue weighted by Crippen LogP contribution is 2.21. The third-order valence-corrected chi connectivity index (χ3v) is 3.50. The minimum absolute atomic E-state index is 0.320. The summed E-state index contributed by atoms with van der Waals surface area (Å²) in [4.78, 5) is 11.7. The number of carbonyl (C=O) groups is 1. The number of nitrogens with zero attached hydrogens (tertiary/aromatic N) is 2. The van der Waals surface area contributed by atoms with E-state index in [1.54, 1.807) is 6.07 Å². The van der Waals surface area contributed by atoms with E-state index in [-0.39, 0.29) is 5.97 Å². The SMILES string of the molecule is COC(=O)c1cc(NCc2csnn2)cc(C)c1C. The van der Waals surface area contributed by atoms with Crippen molar-refractivity contribution >= 4 is 23.2 Å². The second-order valence-corrected chi connectivity index (χ2v) is 4.82. The lowest BCUT2D eigenvalue weighted by atomic mass is 10.0. The summed E-state index contributed by atoms with van der Waals surface area (Å²) in [6.07, 6.45) is 0. The van der Waals surface area contributed by atoms with Crippen LogP contribution in [-0.2, 0) is 11.3 Å². The van der Waals surface area contributed by atoms with Gasteiger partial charge in [0.25, 0.3) is 0 Å². The van der Waals surface area contributed by atoms with Crippen molar-refractivity contribution in [3.05, 3.63) is 39.9 Å². The Bertz CT molecular complexity index is 582. The highest BCUT2D eigenvalue weighted by atomic mass is 32.1. The Balaban J connectivity index is 2.21. The fourth-order valence-electron chi connectivity index (χ4n) is 1.74. The Morgan fingerprint density at radius 2 is 2.21 bits per heavy atom. The molecule has 0 aliphatic carbocycles. The maximum absolute atomic E-state index is 11.7. The molecule has 2 rings (SSSR count). The zero-order valence-corrected chi connectivity index (χ0v) is 11.9. The maximum Gasteiger partial charge on any atom is 0.338 e. The molecule has 0 spiro atoms. The third kappa shape index (κ3) is 3.08. The molecular formula is C13H15N3O2S. The molecule has 0 saturated heterocycles. The first kappa shape index (κ1) is 13.5. The maximum atomic E-state index is 11.7.